The molecule has 0 aromatic heterocycles. The molecule has 0 radical (unpaired) electrons. The number of para-hydroxylation sites is 1. The van der Waals surface area contributed by atoms with E-state index in [4.69, 9.17) is 12.2 Å². The zero-order valence-electron chi connectivity index (χ0n) is 21.8. The van der Waals surface area contributed by atoms with Crippen LogP contribution in [-0.2, 0) is 0 Å². The molecule has 8 heteroatoms. The highest BCUT2D eigenvalue weighted by Crippen LogP contribution is 2.30. The Labute approximate surface area is 238 Å². The van der Waals surface area contributed by atoms with Gasteiger partial charge in [-0.1, -0.05) is 84.9 Å². The number of amides is 2. The topological polar surface area (TPSA) is 64.7 Å². The second-order valence-electron chi connectivity index (χ2n) is 9.49. The normalized spacial score (nSPS) is 13.6. The molecule has 4 aromatic rings. The van der Waals surface area contributed by atoms with Crippen LogP contribution in [0.4, 0.5) is 10.1 Å². The standard InChI is InChI=1S/C32H29FN4O2S/c33-27-17-9-7-15-25(27)30(38)35-32(40)34-28-18-10-8-16-26(28)31(39)37-21-19-36(20-22-37)29(23-11-3-1-4-12-23)24-13-5-2-6-14-24/h1-18,29H,19-22H2,(H2,34,35,38,40). The van der Waals surface area contributed by atoms with Gasteiger partial charge in [-0.05, 0) is 47.6 Å². The second-order valence-corrected chi connectivity index (χ2v) is 9.89. The van der Waals surface area contributed by atoms with Gasteiger partial charge < -0.3 is 10.2 Å². The van der Waals surface area contributed by atoms with E-state index in [0.29, 0.717) is 37.4 Å². The van der Waals surface area contributed by atoms with Gasteiger partial charge in [-0.25, -0.2) is 4.39 Å². The summed E-state index contributed by atoms with van der Waals surface area (Å²) >= 11 is 5.30. The molecule has 0 unspecified atom stereocenters. The van der Waals surface area contributed by atoms with Gasteiger partial charge in [0.15, 0.2) is 5.11 Å². The first-order valence-corrected chi connectivity index (χ1v) is 13.5. The van der Waals surface area contributed by atoms with E-state index in [2.05, 4.69) is 64.1 Å². The number of hydrogen-bond donors (Lipinski definition) is 2. The molecule has 1 fully saturated rings. The van der Waals surface area contributed by atoms with Gasteiger partial charge in [-0.3, -0.25) is 19.8 Å². The van der Waals surface area contributed by atoms with E-state index < -0.39 is 11.7 Å². The lowest BCUT2D eigenvalue weighted by molar-refractivity contribution is 0.0598. The first-order chi connectivity index (χ1) is 19.5. The van der Waals surface area contributed by atoms with Crippen molar-refractivity contribution in [1.29, 1.82) is 0 Å². The number of anilines is 1. The van der Waals surface area contributed by atoms with Crippen LogP contribution in [0.15, 0.2) is 109 Å². The molecule has 0 aliphatic carbocycles. The Morgan fingerprint density at radius 2 is 1.23 bits per heavy atom. The Morgan fingerprint density at radius 1 is 0.700 bits per heavy atom. The highest BCUT2D eigenvalue weighted by molar-refractivity contribution is 7.80. The van der Waals surface area contributed by atoms with Gasteiger partial charge in [0.2, 0.25) is 0 Å². The molecule has 0 bridgehead atoms. The molecule has 2 N–H and O–H groups in total. The third-order valence-electron chi connectivity index (χ3n) is 6.95. The summed E-state index contributed by atoms with van der Waals surface area (Å²) in [4.78, 5) is 30.3. The third-order valence-corrected chi connectivity index (χ3v) is 7.15. The number of nitrogens with one attached hydrogen (secondary N) is 2. The SMILES string of the molecule is O=C(NC(=S)Nc1ccccc1C(=O)N1CCN(C(c2ccccc2)c2ccccc2)CC1)c1ccccc1F. The van der Waals surface area contributed by atoms with E-state index in [1.165, 1.54) is 29.3 Å². The molecule has 0 atom stereocenters. The number of benzene rings is 4. The smallest absolute Gasteiger partial charge is 0.260 e. The Bertz CT molecular complexity index is 1450. The van der Waals surface area contributed by atoms with E-state index in [0.717, 1.165) is 0 Å². The predicted molar refractivity (Wildman–Crippen MR) is 159 cm³/mol. The summed E-state index contributed by atoms with van der Waals surface area (Å²) in [5, 5.41) is 5.41. The molecule has 5 rings (SSSR count). The van der Waals surface area contributed by atoms with Crippen molar-refractivity contribution in [2.45, 2.75) is 6.04 Å². The highest BCUT2D eigenvalue weighted by atomic mass is 32.1. The zero-order valence-corrected chi connectivity index (χ0v) is 22.6. The number of nitrogens with zero attached hydrogens (tertiary/aromatic N) is 2. The lowest BCUT2D eigenvalue weighted by Gasteiger charge is -2.40. The minimum absolute atomic E-state index is 0.0214. The molecule has 1 aliphatic heterocycles. The van der Waals surface area contributed by atoms with E-state index in [1.54, 1.807) is 30.3 Å². The minimum atomic E-state index is -0.665. The predicted octanol–water partition coefficient (Wildman–Crippen LogP) is 5.50. The summed E-state index contributed by atoms with van der Waals surface area (Å²) in [6, 6.07) is 33.6. The van der Waals surface area contributed by atoms with Crippen LogP contribution in [0, 0.1) is 5.82 Å². The maximum Gasteiger partial charge on any atom is 0.260 e. The molecule has 4 aromatic carbocycles. The maximum absolute atomic E-state index is 14.0. The van der Waals surface area contributed by atoms with Gasteiger partial charge in [-0.15, -0.1) is 0 Å². The van der Waals surface area contributed by atoms with Crippen LogP contribution in [-0.4, -0.2) is 52.9 Å². The van der Waals surface area contributed by atoms with Crippen molar-refractivity contribution in [3.8, 4) is 0 Å². The van der Waals surface area contributed by atoms with Gasteiger partial charge in [0.1, 0.15) is 5.82 Å². The van der Waals surface area contributed by atoms with Crippen LogP contribution in [0.25, 0.3) is 0 Å². The second kappa shape index (κ2) is 12.6. The lowest BCUT2D eigenvalue weighted by atomic mass is 9.96. The van der Waals surface area contributed by atoms with Crippen LogP contribution in [0.5, 0.6) is 0 Å². The quantitative estimate of drug-likeness (QED) is 0.310. The molecule has 0 spiro atoms. The van der Waals surface area contributed by atoms with Crippen LogP contribution in [0.2, 0.25) is 0 Å². The van der Waals surface area contributed by atoms with Gasteiger partial charge in [0, 0.05) is 26.2 Å². The molecule has 202 valence electrons. The fourth-order valence-electron chi connectivity index (χ4n) is 4.99. The zero-order chi connectivity index (χ0) is 27.9. The van der Waals surface area contributed by atoms with E-state index in [1.807, 2.05) is 17.0 Å². The molecule has 1 saturated heterocycles. The van der Waals surface area contributed by atoms with Gasteiger partial charge in [0.25, 0.3) is 11.8 Å². The van der Waals surface area contributed by atoms with Crippen molar-refractivity contribution < 1.29 is 14.0 Å². The molecular weight excluding hydrogens is 523 g/mol. The third kappa shape index (κ3) is 6.25. The summed E-state index contributed by atoms with van der Waals surface area (Å²) in [5.41, 5.74) is 3.24. The molecule has 0 saturated carbocycles. The first-order valence-electron chi connectivity index (χ1n) is 13.1. The molecule has 1 aliphatic rings. The van der Waals surface area contributed by atoms with Crippen molar-refractivity contribution in [3.63, 3.8) is 0 Å². The lowest BCUT2D eigenvalue weighted by Crippen LogP contribution is -2.50. The van der Waals surface area contributed by atoms with Gasteiger partial charge >= 0.3 is 0 Å². The van der Waals surface area contributed by atoms with Crippen molar-refractivity contribution in [2.75, 3.05) is 31.5 Å². The average Bonchev–Trinajstić information content (AvgIpc) is 2.99. The fraction of sp³-hybridized carbons (Fsp3) is 0.156. The first kappa shape index (κ1) is 27.2. The van der Waals surface area contributed by atoms with Crippen LogP contribution in [0.1, 0.15) is 37.9 Å². The van der Waals surface area contributed by atoms with E-state index in [9.17, 15) is 14.0 Å². The van der Waals surface area contributed by atoms with Crippen molar-refractivity contribution in [2.24, 2.45) is 0 Å². The molecule has 2 amide bonds. The number of rotatable bonds is 6. The van der Waals surface area contributed by atoms with Crippen molar-refractivity contribution in [1.82, 2.24) is 15.1 Å². The highest BCUT2D eigenvalue weighted by Gasteiger charge is 2.29. The summed E-state index contributed by atoms with van der Waals surface area (Å²) < 4.78 is 14.0. The number of carbonyl (C=O) groups excluding carboxylic acids is 2. The number of hydrogen-bond acceptors (Lipinski definition) is 4. The van der Waals surface area contributed by atoms with Gasteiger partial charge in [0.05, 0.1) is 22.9 Å². The average molecular weight is 553 g/mol. The Kier molecular flexibility index (Phi) is 8.59. The van der Waals surface area contributed by atoms with E-state index >= 15 is 0 Å². The minimum Gasteiger partial charge on any atom is -0.336 e. The Morgan fingerprint density at radius 3 is 1.82 bits per heavy atom. The number of halogens is 1. The molecule has 1 heterocycles. The van der Waals surface area contributed by atoms with Crippen molar-refractivity contribution >= 4 is 34.8 Å². The Balaban J connectivity index is 1.26. The summed E-state index contributed by atoms with van der Waals surface area (Å²) in [6.07, 6.45) is 0. The van der Waals surface area contributed by atoms with Crippen LogP contribution < -0.4 is 10.6 Å². The Hall–Kier alpha value is -4.40. The molecular formula is C32H29FN4O2S. The van der Waals surface area contributed by atoms with Gasteiger partial charge in [-0.2, -0.15) is 0 Å². The summed E-state index contributed by atoms with van der Waals surface area (Å²) in [5.74, 6) is -1.43. The summed E-state index contributed by atoms with van der Waals surface area (Å²) in [7, 11) is 0. The maximum atomic E-state index is 14.0. The summed E-state index contributed by atoms with van der Waals surface area (Å²) in [6.45, 7) is 2.56. The monoisotopic (exact) mass is 552 g/mol. The fourth-order valence-corrected chi connectivity index (χ4v) is 5.19. The number of thiocarbonyl (C=S) groups is 1. The number of carbonyl (C=O) groups is 2. The van der Waals surface area contributed by atoms with Crippen LogP contribution in [0.3, 0.4) is 0 Å². The molecule has 40 heavy (non-hydrogen) atoms. The number of piperazine rings is 1. The van der Waals surface area contributed by atoms with E-state index in [-0.39, 0.29) is 22.6 Å². The molecule has 6 nitrogen and oxygen atoms in total. The van der Waals surface area contributed by atoms with Crippen molar-refractivity contribution in [3.05, 3.63) is 137 Å². The van der Waals surface area contributed by atoms with Crippen LogP contribution >= 0.6 is 12.2 Å². The largest absolute Gasteiger partial charge is 0.336 e.